The number of pyridine rings is 1. The van der Waals surface area contributed by atoms with Gasteiger partial charge in [-0.25, -0.2) is 4.98 Å². The molecule has 3 aromatic rings. The number of carbonyl (C=O) groups is 2. The van der Waals surface area contributed by atoms with E-state index in [9.17, 15) is 9.59 Å². The molecule has 2 amide bonds. The number of hydrogen-bond donors (Lipinski definition) is 1. The summed E-state index contributed by atoms with van der Waals surface area (Å²) in [6.45, 7) is 3.21. The van der Waals surface area contributed by atoms with Gasteiger partial charge in [0.05, 0.1) is 5.75 Å². The van der Waals surface area contributed by atoms with E-state index in [4.69, 9.17) is 4.42 Å². The molecule has 1 saturated heterocycles. The van der Waals surface area contributed by atoms with Crippen molar-refractivity contribution in [2.24, 2.45) is 11.8 Å². The third-order valence-electron chi connectivity index (χ3n) is 6.25. The summed E-state index contributed by atoms with van der Waals surface area (Å²) in [4.78, 5) is 37.0. The molecule has 0 spiro atoms. The lowest BCUT2D eigenvalue weighted by atomic mass is 9.91. The summed E-state index contributed by atoms with van der Waals surface area (Å²) in [6, 6.07) is 9.30. The zero-order chi connectivity index (χ0) is 21.4. The van der Waals surface area contributed by atoms with Gasteiger partial charge in [0, 0.05) is 48.9 Å². The van der Waals surface area contributed by atoms with Crippen molar-refractivity contribution in [3.8, 4) is 0 Å². The van der Waals surface area contributed by atoms with E-state index in [1.165, 1.54) is 0 Å². The van der Waals surface area contributed by atoms with Gasteiger partial charge in [-0.2, -0.15) is 0 Å². The summed E-state index contributed by atoms with van der Waals surface area (Å²) >= 11 is 1.54. The SMILES string of the molecule is Cc1nc2ccc(C(=O)NC3[C@@H]4CC[C@H]3CN(C(=O)CSc3ccncc3)C4)cc2o1. The maximum atomic E-state index is 12.9. The summed E-state index contributed by atoms with van der Waals surface area (Å²) in [5.41, 5.74) is 1.96. The van der Waals surface area contributed by atoms with E-state index in [1.54, 1.807) is 43.2 Å². The summed E-state index contributed by atoms with van der Waals surface area (Å²) in [7, 11) is 0. The number of oxazole rings is 1. The maximum absolute atomic E-state index is 12.9. The van der Waals surface area contributed by atoms with Crippen LogP contribution in [0.3, 0.4) is 0 Å². The summed E-state index contributed by atoms with van der Waals surface area (Å²) in [5, 5.41) is 3.23. The van der Waals surface area contributed by atoms with E-state index in [-0.39, 0.29) is 17.9 Å². The van der Waals surface area contributed by atoms with Gasteiger partial charge in [0.1, 0.15) is 5.52 Å². The van der Waals surface area contributed by atoms with Crippen molar-refractivity contribution < 1.29 is 14.0 Å². The first kappa shape index (κ1) is 20.1. The van der Waals surface area contributed by atoms with Crippen LogP contribution in [0.4, 0.5) is 0 Å². The van der Waals surface area contributed by atoms with Crippen molar-refractivity contribution >= 4 is 34.7 Å². The van der Waals surface area contributed by atoms with Crippen LogP contribution < -0.4 is 5.32 Å². The van der Waals surface area contributed by atoms with Crippen LogP contribution >= 0.6 is 11.8 Å². The van der Waals surface area contributed by atoms with Crippen molar-refractivity contribution in [1.29, 1.82) is 0 Å². The van der Waals surface area contributed by atoms with Gasteiger partial charge in [-0.05, 0) is 55.0 Å². The van der Waals surface area contributed by atoms with Crippen LogP contribution in [-0.2, 0) is 4.79 Å². The molecule has 160 valence electrons. The number of hydrogen-bond acceptors (Lipinski definition) is 6. The molecule has 5 rings (SSSR count). The van der Waals surface area contributed by atoms with Gasteiger partial charge in [0.2, 0.25) is 5.91 Å². The van der Waals surface area contributed by atoms with E-state index in [2.05, 4.69) is 15.3 Å². The number of benzene rings is 1. The Labute approximate surface area is 184 Å². The number of fused-ring (bicyclic) bond motifs is 3. The van der Waals surface area contributed by atoms with Gasteiger partial charge < -0.3 is 14.6 Å². The van der Waals surface area contributed by atoms with E-state index >= 15 is 0 Å². The van der Waals surface area contributed by atoms with Crippen LogP contribution in [-0.4, -0.2) is 51.6 Å². The number of rotatable bonds is 5. The molecule has 2 bridgehead atoms. The van der Waals surface area contributed by atoms with Crippen LogP contribution in [0.1, 0.15) is 29.1 Å². The average molecular weight is 437 g/mol. The van der Waals surface area contributed by atoms with Crippen molar-refractivity contribution in [2.75, 3.05) is 18.8 Å². The second-order valence-corrected chi connectivity index (χ2v) is 9.33. The van der Waals surface area contributed by atoms with Crippen LogP contribution in [0.5, 0.6) is 0 Å². The Hall–Kier alpha value is -2.87. The lowest BCUT2D eigenvalue weighted by Crippen LogP contribution is -2.54. The number of carbonyl (C=O) groups excluding carboxylic acids is 2. The quantitative estimate of drug-likeness (QED) is 0.618. The normalized spacial score (nSPS) is 22.6. The third kappa shape index (κ3) is 4.17. The minimum Gasteiger partial charge on any atom is -0.441 e. The molecule has 2 aliphatic rings. The van der Waals surface area contributed by atoms with Gasteiger partial charge in [-0.3, -0.25) is 14.6 Å². The fourth-order valence-electron chi connectivity index (χ4n) is 4.75. The number of piperidine rings is 1. The fraction of sp³-hybridized carbons (Fsp3) is 0.391. The molecule has 1 aliphatic carbocycles. The number of thioether (sulfide) groups is 1. The van der Waals surface area contributed by atoms with Crippen molar-refractivity contribution in [3.63, 3.8) is 0 Å². The van der Waals surface area contributed by atoms with Crippen molar-refractivity contribution in [3.05, 3.63) is 54.2 Å². The number of nitrogens with zero attached hydrogens (tertiary/aromatic N) is 3. The predicted octanol–water partition coefficient (Wildman–Crippen LogP) is 3.29. The summed E-state index contributed by atoms with van der Waals surface area (Å²) < 4.78 is 5.56. The highest BCUT2D eigenvalue weighted by Crippen LogP contribution is 2.37. The molecule has 31 heavy (non-hydrogen) atoms. The molecule has 0 radical (unpaired) electrons. The molecule has 1 aromatic carbocycles. The molecular formula is C23H24N4O3S. The van der Waals surface area contributed by atoms with E-state index < -0.39 is 0 Å². The Morgan fingerprint density at radius 1 is 1.16 bits per heavy atom. The topological polar surface area (TPSA) is 88.3 Å². The summed E-state index contributed by atoms with van der Waals surface area (Å²) in [6.07, 6.45) is 5.56. The number of aryl methyl sites for hydroxylation is 1. The van der Waals surface area contributed by atoms with Gasteiger partial charge in [0.15, 0.2) is 11.5 Å². The average Bonchev–Trinajstić information content (AvgIpc) is 3.25. The molecule has 2 aromatic heterocycles. The highest BCUT2D eigenvalue weighted by Gasteiger charge is 2.43. The maximum Gasteiger partial charge on any atom is 0.251 e. The number of aromatic nitrogens is 2. The number of likely N-dealkylation sites (tertiary alicyclic amines) is 1. The van der Waals surface area contributed by atoms with Gasteiger partial charge >= 0.3 is 0 Å². The molecule has 3 atom stereocenters. The summed E-state index contributed by atoms with van der Waals surface area (Å²) in [5.74, 6) is 1.68. The van der Waals surface area contributed by atoms with Gasteiger partial charge in [-0.15, -0.1) is 11.8 Å². The molecule has 1 saturated carbocycles. The Kier molecular flexibility index (Phi) is 5.40. The Balaban J connectivity index is 1.20. The Morgan fingerprint density at radius 2 is 1.90 bits per heavy atom. The highest BCUT2D eigenvalue weighted by atomic mass is 32.2. The second kappa shape index (κ2) is 8.34. The smallest absolute Gasteiger partial charge is 0.251 e. The van der Waals surface area contributed by atoms with E-state index in [1.807, 2.05) is 23.1 Å². The van der Waals surface area contributed by atoms with Crippen LogP contribution in [0, 0.1) is 18.8 Å². The first-order valence-electron chi connectivity index (χ1n) is 10.6. The lowest BCUT2D eigenvalue weighted by Gasteiger charge is -2.38. The monoisotopic (exact) mass is 436 g/mol. The zero-order valence-corrected chi connectivity index (χ0v) is 18.1. The minimum atomic E-state index is -0.0918. The number of nitrogens with one attached hydrogen (secondary N) is 1. The van der Waals surface area contributed by atoms with Gasteiger partial charge in [0.25, 0.3) is 5.91 Å². The highest BCUT2D eigenvalue weighted by molar-refractivity contribution is 8.00. The predicted molar refractivity (Wildman–Crippen MR) is 118 cm³/mol. The molecule has 3 heterocycles. The molecule has 1 N–H and O–H groups in total. The Morgan fingerprint density at radius 3 is 2.65 bits per heavy atom. The number of amides is 2. The Bertz CT molecular complexity index is 1100. The largest absolute Gasteiger partial charge is 0.441 e. The molecular weight excluding hydrogens is 412 g/mol. The van der Waals surface area contributed by atoms with Crippen LogP contribution in [0.2, 0.25) is 0 Å². The first-order valence-corrected chi connectivity index (χ1v) is 11.5. The molecule has 1 unspecified atom stereocenters. The van der Waals surface area contributed by atoms with Crippen LogP contribution in [0.15, 0.2) is 52.0 Å². The first-order chi connectivity index (χ1) is 15.1. The second-order valence-electron chi connectivity index (χ2n) is 8.28. The van der Waals surface area contributed by atoms with Gasteiger partial charge in [-0.1, -0.05) is 0 Å². The molecule has 2 fully saturated rings. The molecule has 1 aliphatic heterocycles. The fourth-order valence-corrected chi connectivity index (χ4v) is 5.54. The van der Waals surface area contributed by atoms with E-state index in [0.29, 0.717) is 47.7 Å². The van der Waals surface area contributed by atoms with E-state index in [0.717, 1.165) is 23.3 Å². The zero-order valence-electron chi connectivity index (χ0n) is 17.3. The van der Waals surface area contributed by atoms with Crippen LogP contribution in [0.25, 0.3) is 11.1 Å². The minimum absolute atomic E-state index is 0.0918. The lowest BCUT2D eigenvalue weighted by molar-refractivity contribution is -0.130. The third-order valence-corrected chi connectivity index (χ3v) is 7.25. The standard InChI is InChI=1S/C23H24N4O3S/c1-14-25-19-5-4-15(10-20(19)30-14)23(29)26-22-16-2-3-17(22)12-27(11-16)21(28)13-31-18-6-8-24-9-7-18/h4-10,16-17,22H,2-3,11-13H2,1H3,(H,26,29)/t16-,17+,22?. The van der Waals surface area contributed by atoms with Crippen molar-refractivity contribution in [1.82, 2.24) is 20.2 Å². The molecule has 8 heteroatoms. The molecule has 7 nitrogen and oxygen atoms in total. The van der Waals surface area contributed by atoms with Crippen molar-refractivity contribution in [2.45, 2.75) is 30.7 Å².